The Kier molecular flexibility index (Phi) is 3.76. The molecule has 0 aromatic heterocycles. The molecule has 2 nitrogen and oxygen atoms in total. The van der Waals surface area contributed by atoms with Gasteiger partial charge in [0.25, 0.3) is 0 Å². The van der Waals surface area contributed by atoms with Crippen molar-refractivity contribution >= 4 is 11.6 Å². The molecule has 100 valence electrons. The van der Waals surface area contributed by atoms with Crippen LogP contribution in [-0.2, 0) is 5.41 Å². The van der Waals surface area contributed by atoms with E-state index in [0.717, 1.165) is 17.9 Å². The molecular formula is C15H21ClO2. The highest BCUT2D eigenvalue weighted by Crippen LogP contribution is 2.50. The Morgan fingerprint density at radius 3 is 2.28 bits per heavy atom. The van der Waals surface area contributed by atoms with E-state index in [9.17, 15) is 0 Å². The van der Waals surface area contributed by atoms with E-state index in [4.69, 9.17) is 21.1 Å². The van der Waals surface area contributed by atoms with E-state index in [2.05, 4.69) is 26.0 Å². The van der Waals surface area contributed by atoms with Gasteiger partial charge in [-0.15, -0.1) is 11.6 Å². The average molecular weight is 269 g/mol. The van der Waals surface area contributed by atoms with Crippen LogP contribution in [0.5, 0.6) is 11.5 Å². The number of benzene rings is 1. The molecule has 0 radical (unpaired) electrons. The lowest BCUT2D eigenvalue weighted by Crippen LogP contribution is -2.12. The Morgan fingerprint density at radius 2 is 1.72 bits per heavy atom. The fourth-order valence-corrected chi connectivity index (χ4v) is 3.19. The molecule has 1 unspecified atom stereocenters. The monoisotopic (exact) mass is 268 g/mol. The highest BCUT2D eigenvalue weighted by atomic mass is 35.5. The van der Waals surface area contributed by atoms with Crippen molar-refractivity contribution in [2.45, 2.75) is 44.9 Å². The molecule has 0 amide bonds. The van der Waals surface area contributed by atoms with Gasteiger partial charge in [0.1, 0.15) is 0 Å². The van der Waals surface area contributed by atoms with E-state index in [1.807, 2.05) is 13.8 Å². The first kappa shape index (κ1) is 13.5. The molecular weight excluding hydrogens is 248 g/mol. The number of ether oxygens (including phenoxy) is 2. The number of halogens is 1. The maximum Gasteiger partial charge on any atom is 0.161 e. The van der Waals surface area contributed by atoms with E-state index in [1.54, 1.807) is 0 Å². The van der Waals surface area contributed by atoms with Crippen molar-refractivity contribution in [3.05, 3.63) is 23.3 Å². The van der Waals surface area contributed by atoms with Gasteiger partial charge < -0.3 is 9.47 Å². The molecule has 1 aliphatic carbocycles. The standard InChI is InChI=1S/C15H21ClO2/c1-5-17-13-7-10-11(8-14(13)18-6-2)15(3,4)9-12(10)16/h7-8,12H,5-6,9H2,1-4H3. The summed E-state index contributed by atoms with van der Waals surface area (Å²) in [7, 11) is 0. The number of fused-ring (bicyclic) bond motifs is 1. The number of hydrogen-bond donors (Lipinski definition) is 0. The van der Waals surface area contributed by atoms with Crippen LogP contribution < -0.4 is 9.47 Å². The van der Waals surface area contributed by atoms with Gasteiger partial charge in [0.15, 0.2) is 11.5 Å². The second-order valence-electron chi connectivity index (χ2n) is 5.31. The minimum atomic E-state index is 0.0740. The Labute approximate surface area is 114 Å². The molecule has 3 heteroatoms. The van der Waals surface area contributed by atoms with Crippen LogP contribution in [-0.4, -0.2) is 13.2 Å². The lowest BCUT2D eigenvalue weighted by atomic mass is 9.86. The number of rotatable bonds is 4. The minimum absolute atomic E-state index is 0.0740. The number of alkyl halides is 1. The Hall–Kier alpha value is -0.890. The first-order valence-electron chi connectivity index (χ1n) is 6.57. The van der Waals surface area contributed by atoms with Crippen molar-refractivity contribution < 1.29 is 9.47 Å². The van der Waals surface area contributed by atoms with Gasteiger partial charge in [0.05, 0.1) is 18.6 Å². The molecule has 0 saturated heterocycles. The van der Waals surface area contributed by atoms with E-state index < -0.39 is 0 Å². The summed E-state index contributed by atoms with van der Waals surface area (Å²) in [6.07, 6.45) is 0.963. The third-order valence-corrected chi connectivity index (χ3v) is 3.86. The minimum Gasteiger partial charge on any atom is -0.490 e. The fraction of sp³-hybridized carbons (Fsp3) is 0.600. The molecule has 0 heterocycles. The van der Waals surface area contributed by atoms with Crippen LogP contribution in [0.2, 0.25) is 0 Å². The molecule has 2 rings (SSSR count). The van der Waals surface area contributed by atoms with E-state index >= 15 is 0 Å². The first-order valence-corrected chi connectivity index (χ1v) is 7.01. The zero-order chi connectivity index (χ0) is 13.3. The van der Waals surface area contributed by atoms with Crippen molar-refractivity contribution in [3.8, 4) is 11.5 Å². The van der Waals surface area contributed by atoms with Crippen molar-refractivity contribution in [2.24, 2.45) is 0 Å². The summed E-state index contributed by atoms with van der Waals surface area (Å²) in [5.74, 6) is 1.64. The molecule has 0 N–H and O–H groups in total. The van der Waals surface area contributed by atoms with Crippen molar-refractivity contribution in [3.63, 3.8) is 0 Å². The molecule has 0 aliphatic heterocycles. The zero-order valence-electron chi connectivity index (χ0n) is 11.5. The van der Waals surface area contributed by atoms with E-state index in [1.165, 1.54) is 11.1 Å². The lowest BCUT2D eigenvalue weighted by Gasteiger charge is -2.20. The van der Waals surface area contributed by atoms with Gasteiger partial charge in [-0.1, -0.05) is 13.8 Å². The van der Waals surface area contributed by atoms with Gasteiger partial charge >= 0.3 is 0 Å². The van der Waals surface area contributed by atoms with Gasteiger partial charge in [0, 0.05) is 0 Å². The molecule has 1 aromatic carbocycles. The lowest BCUT2D eigenvalue weighted by molar-refractivity contribution is 0.287. The van der Waals surface area contributed by atoms with Gasteiger partial charge in [-0.3, -0.25) is 0 Å². The third-order valence-electron chi connectivity index (χ3n) is 3.47. The van der Waals surface area contributed by atoms with Crippen LogP contribution in [0.15, 0.2) is 12.1 Å². The van der Waals surface area contributed by atoms with Crippen molar-refractivity contribution in [1.29, 1.82) is 0 Å². The molecule has 0 spiro atoms. The van der Waals surface area contributed by atoms with Crippen molar-refractivity contribution in [1.82, 2.24) is 0 Å². The van der Waals surface area contributed by atoms with Gasteiger partial charge in [-0.05, 0) is 48.9 Å². The summed E-state index contributed by atoms with van der Waals surface area (Å²) in [6, 6.07) is 4.16. The summed E-state index contributed by atoms with van der Waals surface area (Å²) in [5, 5.41) is 0.0740. The quantitative estimate of drug-likeness (QED) is 0.752. The van der Waals surface area contributed by atoms with Crippen LogP contribution in [0.3, 0.4) is 0 Å². The molecule has 0 saturated carbocycles. The summed E-state index contributed by atoms with van der Waals surface area (Å²) in [4.78, 5) is 0. The largest absolute Gasteiger partial charge is 0.490 e. The predicted octanol–water partition coefficient (Wildman–Crippen LogP) is 4.45. The highest BCUT2D eigenvalue weighted by Gasteiger charge is 2.37. The molecule has 1 aromatic rings. The average Bonchev–Trinajstić information content (AvgIpc) is 2.51. The molecule has 1 atom stereocenters. The zero-order valence-corrected chi connectivity index (χ0v) is 12.3. The van der Waals surface area contributed by atoms with E-state index in [-0.39, 0.29) is 10.8 Å². The van der Waals surface area contributed by atoms with Crippen LogP contribution in [0.25, 0.3) is 0 Å². The predicted molar refractivity (Wildman–Crippen MR) is 75.0 cm³/mol. The Bertz CT molecular complexity index is 440. The SMILES string of the molecule is CCOc1cc2c(cc1OCC)C(C)(C)CC2Cl. The normalized spacial score (nSPS) is 20.6. The molecule has 0 fully saturated rings. The molecule has 18 heavy (non-hydrogen) atoms. The maximum atomic E-state index is 6.43. The van der Waals surface area contributed by atoms with Crippen LogP contribution >= 0.6 is 11.6 Å². The van der Waals surface area contributed by atoms with Crippen LogP contribution in [0.1, 0.15) is 50.6 Å². The van der Waals surface area contributed by atoms with Crippen molar-refractivity contribution in [2.75, 3.05) is 13.2 Å². The molecule has 0 bridgehead atoms. The smallest absolute Gasteiger partial charge is 0.161 e. The fourth-order valence-electron chi connectivity index (χ4n) is 2.63. The third kappa shape index (κ3) is 2.31. The van der Waals surface area contributed by atoms with Gasteiger partial charge in [-0.2, -0.15) is 0 Å². The summed E-state index contributed by atoms with van der Waals surface area (Å²) < 4.78 is 11.3. The van der Waals surface area contributed by atoms with E-state index in [0.29, 0.717) is 13.2 Å². The first-order chi connectivity index (χ1) is 8.49. The maximum absolute atomic E-state index is 6.43. The van der Waals surface area contributed by atoms with Crippen LogP contribution in [0.4, 0.5) is 0 Å². The molecule has 1 aliphatic rings. The summed E-state index contributed by atoms with van der Waals surface area (Å²) >= 11 is 6.43. The van der Waals surface area contributed by atoms with Gasteiger partial charge in [0.2, 0.25) is 0 Å². The van der Waals surface area contributed by atoms with Gasteiger partial charge in [-0.25, -0.2) is 0 Å². The number of hydrogen-bond acceptors (Lipinski definition) is 2. The topological polar surface area (TPSA) is 18.5 Å². The highest BCUT2D eigenvalue weighted by molar-refractivity contribution is 6.21. The summed E-state index contributed by atoms with van der Waals surface area (Å²) in [5.41, 5.74) is 2.58. The second-order valence-corrected chi connectivity index (χ2v) is 5.83. The summed E-state index contributed by atoms with van der Waals surface area (Å²) in [6.45, 7) is 9.69. The van der Waals surface area contributed by atoms with Crippen LogP contribution in [0, 0.1) is 0 Å². The Morgan fingerprint density at radius 1 is 1.17 bits per heavy atom. The Balaban J connectivity index is 2.50. The second kappa shape index (κ2) is 5.00.